The van der Waals surface area contributed by atoms with Crippen molar-refractivity contribution in [1.29, 1.82) is 0 Å². The molecule has 4 heteroatoms. The van der Waals surface area contributed by atoms with E-state index in [4.69, 9.17) is 9.84 Å². The second-order valence-electron chi connectivity index (χ2n) is 4.66. The fraction of sp³-hybridized carbons (Fsp3) is 0.583. The lowest BCUT2D eigenvalue weighted by atomic mass is 10.1. The Morgan fingerprint density at radius 2 is 2.06 bits per heavy atom. The van der Waals surface area contributed by atoms with E-state index in [0.717, 1.165) is 5.56 Å². The molecular weight excluding hydrogens is 204 g/mol. The van der Waals surface area contributed by atoms with Gasteiger partial charge in [0.25, 0.3) is 0 Å². The number of hydrogen-bond donors (Lipinski definition) is 1. The molecule has 16 heavy (non-hydrogen) atoms. The molecular formula is C12H20N2O2. The summed E-state index contributed by atoms with van der Waals surface area (Å²) in [6, 6.07) is 3.59. The zero-order valence-electron chi connectivity index (χ0n) is 10.4. The van der Waals surface area contributed by atoms with Crippen LogP contribution < -0.4 is 4.74 Å². The lowest BCUT2D eigenvalue weighted by molar-refractivity contribution is 0.111. The van der Waals surface area contributed by atoms with E-state index in [1.54, 1.807) is 12.3 Å². The van der Waals surface area contributed by atoms with Crippen LogP contribution in [-0.4, -0.2) is 41.2 Å². The number of aliphatic hydroxyl groups is 1. The molecule has 0 saturated heterocycles. The Labute approximate surface area is 96.9 Å². The Bertz CT molecular complexity index is 320. The highest BCUT2D eigenvalue weighted by atomic mass is 16.5. The second-order valence-corrected chi connectivity index (χ2v) is 4.66. The Morgan fingerprint density at radius 3 is 2.50 bits per heavy atom. The number of ether oxygens (including phenoxy) is 1. The lowest BCUT2D eigenvalue weighted by Gasteiger charge is -2.31. The van der Waals surface area contributed by atoms with Gasteiger partial charge in [0.1, 0.15) is 6.61 Å². The molecule has 4 nitrogen and oxygen atoms in total. The predicted molar refractivity (Wildman–Crippen MR) is 63.4 cm³/mol. The molecule has 0 spiro atoms. The molecule has 0 atom stereocenters. The number of aromatic nitrogens is 1. The highest BCUT2D eigenvalue weighted by molar-refractivity contribution is 5.17. The SMILES string of the molecule is CN(C)C(C)(C)COc1ccc(CO)cn1. The standard InChI is InChI=1S/C12H20N2O2/c1-12(2,14(3)4)9-16-11-6-5-10(8-15)7-13-11/h5-7,15H,8-9H2,1-4H3. The Balaban J connectivity index is 2.54. The Hall–Kier alpha value is -1.13. The molecule has 0 saturated carbocycles. The maximum atomic E-state index is 8.87. The highest BCUT2D eigenvalue weighted by Crippen LogP contribution is 2.14. The average Bonchev–Trinajstić information content (AvgIpc) is 2.27. The first-order chi connectivity index (χ1) is 7.45. The minimum absolute atomic E-state index is 0.0104. The van der Waals surface area contributed by atoms with E-state index < -0.39 is 0 Å². The molecule has 0 radical (unpaired) electrons. The normalized spacial score (nSPS) is 11.9. The van der Waals surface area contributed by atoms with E-state index in [0.29, 0.717) is 12.5 Å². The number of hydrogen-bond acceptors (Lipinski definition) is 4. The lowest BCUT2D eigenvalue weighted by Crippen LogP contribution is -2.43. The van der Waals surface area contributed by atoms with Crippen LogP contribution in [0.5, 0.6) is 5.88 Å². The van der Waals surface area contributed by atoms with Gasteiger partial charge in [-0.3, -0.25) is 0 Å². The minimum atomic E-state index is -0.0304. The van der Waals surface area contributed by atoms with E-state index in [-0.39, 0.29) is 12.1 Å². The van der Waals surface area contributed by atoms with Gasteiger partial charge in [0.15, 0.2) is 0 Å². The zero-order chi connectivity index (χ0) is 12.2. The van der Waals surface area contributed by atoms with E-state index in [1.807, 2.05) is 20.2 Å². The van der Waals surface area contributed by atoms with Crippen LogP contribution in [0.4, 0.5) is 0 Å². The van der Waals surface area contributed by atoms with Gasteiger partial charge in [-0.25, -0.2) is 4.98 Å². The highest BCUT2D eigenvalue weighted by Gasteiger charge is 2.21. The summed E-state index contributed by atoms with van der Waals surface area (Å²) in [7, 11) is 4.04. The molecule has 0 fully saturated rings. The van der Waals surface area contributed by atoms with Crippen LogP contribution in [0.1, 0.15) is 19.4 Å². The quantitative estimate of drug-likeness (QED) is 0.818. The summed E-state index contributed by atoms with van der Waals surface area (Å²) >= 11 is 0. The number of rotatable bonds is 5. The van der Waals surface area contributed by atoms with Crippen molar-refractivity contribution < 1.29 is 9.84 Å². The van der Waals surface area contributed by atoms with Gasteiger partial charge in [-0.2, -0.15) is 0 Å². The number of aliphatic hydroxyl groups excluding tert-OH is 1. The predicted octanol–water partition coefficient (Wildman–Crippen LogP) is 1.29. The van der Waals surface area contributed by atoms with Gasteiger partial charge in [0.05, 0.1) is 6.61 Å². The molecule has 1 N–H and O–H groups in total. The summed E-state index contributed by atoms with van der Waals surface area (Å²) in [6.07, 6.45) is 1.62. The summed E-state index contributed by atoms with van der Waals surface area (Å²) in [5, 5.41) is 8.87. The van der Waals surface area contributed by atoms with Crippen molar-refractivity contribution in [1.82, 2.24) is 9.88 Å². The average molecular weight is 224 g/mol. The zero-order valence-corrected chi connectivity index (χ0v) is 10.4. The molecule has 1 rings (SSSR count). The number of likely N-dealkylation sites (N-methyl/N-ethyl adjacent to an activating group) is 1. The van der Waals surface area contributed by atoms with Gasteiger partial charge in [-0.05, 0) is 39.6 Å². The van der Waals surface area contributed by atoms with Crippen molar-refractivity contribution >= 4 is 0 Å². The van der Waals surface area contributed by atoms with E-state index >= 15 is 0 Å². The van der Waals surface area contributed by atoms with Crippen LogP contribution in [0.25, 0.3) is 0 Å². The molecule has 90 valence electrons. The van der Waals surface area contributed by atoms with Gasteiger partial charge in [0.2, 0.25) is 5.88 Å². The number of nitrogens with zero attached hydrogens (tertiary/aromatic N) is 2. The summed E-state index contributed by atoms with van der Waals surface area (Å²) in [5.41, 5.74) is 0.761. The molecule has 0 bridgehead atoms. The van der Waals surface area contributed by atoms with Gasteiger partial charge in [-0.15, -0.1) is 0 Å². The summed E-state index contributed by atoms with van der Waals surface area (Å²) in [4.78, 5) is 6.22. The third kappa shape index (κ3) is 3.47. The van der Waals surface area contributed by atoms with E-state index in [2.05, 4.69) is 23.7 Å². The van der Waals surface area contributed by atoms with Crippen molar-refractivity contribution in [3.8, 4) is 5.88 Å². The Kier molecular flexibility index (Phi) is 4.26. The van der Waals surface area contributed by atoms with Crippen molar-refractivity contribution in [3.63, 3.8) is 0 Å². The van der Waals surface area contributed by atoms with Crippen molar-refractivity contribution in [2.75, 3.05) is 20.7 Å². The summed E-state index contributed by atoms with van der Waals surface area (Å²) < 4.78 is 5.60. The maximum absolute atomic E-state index is 8.87. The first kappa shape index (κ1) is 12.9. The fourth-order valence-electron chi connectivity index (χ4n) is 0.969. The molecule has 1 aromatic rings. The second kappa shape index (κ2) is 5.27. The third-order valence-electron chi connectivity index (χ3n) is 2.76. The maximum Gasteiger partial charge on any atom is 0.213 e. The molecule has 0 aromatic carbocycles. The van der Waals surface area contributed by atoms with E-state index in [9.17, 15) is 0 Å². The third-order valence-corrected chi connectivity index (χ3v) is 2.76. The van der Waals surface area contributed by atoms with Gasteiger partial charge in [-0.1, -0.05) is 0 Å². The van der Waals surface area contributed by atoms with Crippen LogP contribution >= 0.6 is 0 Å². The van der Waals surface area contributed by atoms with Crippen LogP contribution in [-0.2, 0) is 6.61 Å². The fourth-order valence-corrected chi connectivity index (χ4v) is 0.969. The number of pyridine rings is 1. The molecule has 0 aliphatic carbocycles. The first-order valence-electron chi connectivity index (χ1n) is 5.32. The minimum Gasteiger partial charge on any atom is -0.476 e. The summed E-state index contributed by atoms with van der Waals surface area (Å²) in [5.74, 6) is 0.590. The molecule has 0 aliphatic heterocycles. The Morgan fingerprint density at radius 1 is 1.38 bits per heavy atom. The topological polar surface area (TPSA) is 45.6 Å². The smallest absolute Gasteiger partial charge is 0.213 e. The largest absolute Gasteiger partial charge is 0.476 e. The van der Waals surface area contributed by atoms with Crippen molar-refractivity contribution in [2.24, 2.45) is 0 Å². The van der Waals surface area contributed by atoms with E-state index in [1.165, 1.54) is 0 Å². The van der Waals surface area contributed by atoms with Crippen LogP contribution in [0.3, 0.4) is 0 Å². The van der Waals surface area contributed by atoms with Crippen LogP contribution in [0.15, 0.2) is 18.3 Å². The van der Waals surface area contributed by atoms with Crippen molar-refractivity contribution in [3.05, 3.63) is 23.9 Å². The van der Waals surface area contributed by atoms with Crippen LogP contribution in [0, 0.1) is 0 Å². The van der Waals surface area contributed by atoms with Crippen molar-refractivity contribution in [2.45, 2.75) is 26.0 Å². The molecule has 0 amide bonds. The van der Waals surface area contributed by atoms with Gasteiger partial charge >= 0.3 is 0 Å². The summed E-state index contributed by atoms with van der Waals surface area (Å²) in [6.45, 7) is 4.80. The van der Waals surface area contributed by atoms with Gasteiger partial charge < -0.3 is 14.7 Å². The van der Waals surface area contributed by atoms with Gasteiger partial charge in [0, 0.05) is 17.8 Å². The van der Waals surface area contributed by atoms with Crippen LogP contribution in [0.2, 0.25) is 0 Å². The molecule has 0 aliphatic rings. The molecule has 1 heterocycles. The molecule has 1 aromatic heterocycles. The monoisotopic (exact) mass is 224 g/mol. The molecule has 0 unspecified atom stereocenters. The first-order valence-corrected chi connectivity index (χ1v) is 5.32.